The Labute approximate surface area is 78.8 Å². The van der Waals surface area contributed by atoms with Gasteiger partial charge in [0.25, 0.3) is 0 Å². The molecule has 0 amide bonds. The van der Waals surface area contributed by atoms with Crippen LogP contribution in [0, 0.1) is 0 Å². The van der Waals surface area contributed by atoms with Gasteiger partial charge in [0.05, 0.1) is 6.61 Å². The van der Waals surface area contributed by atoms with Crippen molar-refractivity contribution in [3.63, 3.8) is 0 Å². The molecular weight excluding hydrogens is 174 g/mol. The van der Waals surface area contributed by atoms with Gasteiger partial charge in [0, 0.05) is 24.7 Å². The molecule has 3 heteroatoms. The molecule has 0 heterocycles. The standard InChI is InChI=1S/C9H16ClNO/c1-8(6-10)7-11(4-5-12)9-2-3-9/h6,9,12H,2-5,7H2,1H3. The number of aliphatic hydroxyl groups excluding tert-OH is 1. The van der Waals surface area contributed by atoms with E-state index in [1.807, 2.05) is 6.92 Å². The second-order valence-corrected chi connectivity index (χ2v) is 3.60. The molecule has 0 atom stereocenters. The number of aliphatic hydroxyl groups is 1. The molecule has 0 radical (unpaired) electrons. The maximum Gasteiger partial charge on any atom is 0.0558 e. The first-order valence-corrected chi connectivity index (χ1v) is 4.82. The average molecular weight is 190 g/mol. The Morgan fingerprint density at radius 1 is 1.67 bits per heavy atom. The third kappa shape index (κ3) is 3.13. The fourth-order valence-electron chi connectivity index (χ4n) is 1.31. The first-order valence-electron chi connectivity index (χ1n) is 4.38. The van der Waals surface area contributed by atoms with Crippen LogP contribution in [-0.4, -0.2) is 35.7 Å². The highest BCUT2D eigenvalue weighted by Crippen LogP contribution is 2.26. The second kappa shape index (κ2) is 4.85. The lowest BCUT2D eigenvalue weighted by atomic mass is 10.3. The normalized spacial score (nSPS) is 18.8. The lowest BCUT2D eigenvalue weighted by Crippen LogP contribution is -2.30. The van der Waals surface area contributed by atoms with Gasteiger partial charge in [-0.15, -0.1) is 0 Å². The zero-order valence-electron chi connectivity index (χ0n) is 7.46. The predicted molar refractivity (Wildman–Crippen MR) is 51.3 cm³/mol. The molecule has 0 saturated heterocycles. The summed E-state index contributed by atoms with van der Waals surface area (Å²) in [6, 6.07) is 0.698. The molecule has 0 bridgehead atoms. The Bertz CT molecular complexity index is 166. The van der Waals surface area contributed by atoms with E-state index in [1.54, 1.807) is 5.54 Å². The van der Waals surface area contributed by atoms with E-state index >= 15 is 0 Å². The van der Waals surface area contributed by atoms with E-state index in [0.29, 0.717) is 6.04 Å². The van der Waals surface area contributed by atoms with Gasteiger partial charge < -0.3 is 5.11 Å². The number of hydrogen-bond acceptors (Lipinski definition) is 2. The zero-order valence-corrected chi connectivity index (χ0v) is 8.22. The highest BCUT2D eigenvalue weighted by Gasteiger charge is 2.28. The van der Waals surface area contributed by atoms with Crippen molar-refractivity contribution in [3.8, 4) is 0 Å². The second-order valence-electron chi connectivity index (χ2n) is 3.38. The van der Waals surface area contributed by atoms with E-state index in [0.717, 1.165) is 18.7 Å². The summed E-state index contributed by atoms with van der Waals surface area (Å²) in [5, 5.41) is 8.80. The van der Waals surface area contributed by atoms with Crippen LogP contribution in [0.2, 0.25) is 0 Å². The molecule has 1 rings (SSSR count). The van der Waals surface area contributed by atoms with Crippen LogP contribution in [0.4, 0.5) is 0 Å². The molecule has 0 spiro atoms. The molecule has 1 aliphatic rings. The molecule has 0 aliphatic heterocycles. The van der Waals surface area contributed by atoms with Gasteiger partial charge in [-0.1, -0.05) is 11.6 Å². The van der Waals surface area contributed by atoms with Crippen molar-refractivity contribution in [1.29, 1.82) is 0 Å². The van der Waals surface area contributed by atoms with Gasteiger partial charge in [0.15, 0.2) is 0 Å². The van der Waals surface area contributed by atoms with Crippen LogP contribution < -0.4 is 0 Å². The van der Waals surface area contributed by atoms with E-state index in [-0.39, 0.29) is 6.61 Å². The van der Waals surface area contributed by atoms with Crippen molar-refractivity contribution in [3.05, 3.63) is 11.1 Å². The van der Waals surface area contributed by atoms with Crippen molar-refractivity contribution in [2.45, 2.75) is 25.8 Å². The van der Waals surface area contributed by atoms with Crippen LogP contribution in [0.3, 0.4) is 0 Å². The van der Waals surface area contributed by atoms with Gasteiger partial charge in [-0.3, -0.25) is 4.90 Å². The fraction of sp³-hybridized carbons (Fsp3) is 0.778. The minimum absolute atomic E-state index is 0.242. The van der Waals surface area contributed by atoms with Gasteiger partial charge in [0.1, 0.15) is 0 Å². The lowest BCUT2D eigenvalue weighted by Gasteiger charge is -2.20. The monoisotopic (exact) mass is 189 g/mol. The topological polar surface area (TPSA) is 23.5 Å². The van der Waals surface area contributed by atoms with Crippen molar-refractivity contribution < 1.29 is 5.11 Å². The van der Waals surface area contributed by atoms with Gasteiger partial charge in [-0.05, 0) is 25.3 Å². The Balaban J connectivity index is 2.32. The fourth-order valence-corrected chi connectivity index (χ4v) is 1.38. The van der Waals surface area contributed by atoms with Crippen LogP contribution >= 0.6 is 11.6 Å². The zero-order chi connectivity index (χ0) is 8.97. The largest absolute Gasteiger partial charge is 0.395 e. The molecule has 1 saturated carbocycles. The number of halogens is 1. The van der Waals surface area contributed by atoms with Crippen molar-refractivity contribution in [2.24, 2.45) is 0 Å². The average Bonchev–Trinajstić information content (AvgIpc) is 2.86. The minimum Gasteiger partial charge on any atom is -0.395 e. The van der Waals surface area contributed by atoms with E-state index in [1.165, 1.54) is 12.8 Å². The minimum atomic E-state index is 0.242. The summed E-state index contributed by atoms with van der Waals surface area (Å²) < 4.78 is 0. The van der Waals surface area contributed by atoms with Crippen molar-refractivity contribution in [2.75, 3.05) is 19.7 Å². The van der Waals surface area contributed by atoms with Gasteiger partial charge in [-0.2, -0.15) is 0 Å². The van der Waals surface area contributed by atoms with E-state index < -0.39 is 0 Å². The smallest absolute Gasteiger partial charge is 0.0558 e. The number of hydrogen-bond donors (Lipinski definition) is 1. The van der Waals surface area contributed by atoms with Crippen LogP contribution in [-0.2, 0) is 0 Å². The highest BCUT2D eigenvalue weighted by atomic mass is 35.5. The summed E-state index contributed by atoms with van der Waals surface area (Å²) in [6.07, 6.45) is 2.55. The Morgan fingerprint density at radius 2 is 2.33 bits per heavy atom. The first kappa shape index (κ1) is 10.0. The Morgan fingerprint density at radius 3 is 2.75 bits per heavy atom. The van der Waals surface area contributed by atoms with E-state index in [4.69, 9.17) is 16.7 Å². The molecule has 1 N–H and O–H groups in total. The highest BCUT2D eigenvalue weighted by molar-refractivity contribution is 6.25. The first-order chi connectivity index (χ1) is 5.77. The summed E-state index contributed by atoms with van der Waals surface area (Å²) >= 11 is 5.57. The SMILES string of the molecule is CC(=CCl)CN(CCO)C1CC1. The van der Waals surface area contributed by atoms with Gasteiger partial charge in [0.2, 0.25) is 0 Å². The van der Waals surface area contributed by atoms with E-state index in [9.17, 15) is 0 Å². The molecule has 0 aromatic rings. The predicted octanol–water partition coefficient (Wildman–Crippen LogP) is 1.59. The van der Waals surface area contributed by atoms with Crippen LogP contribution in [0.15, 0.2) is 11.1 Å². The van der Waals surface area contributed by atoms with Crippen LogP contribution in [0.5, 0.6) is 0 Å². The Hall–Kier alpha value is -0.0500. The van der Waals surface area contributed by atoms with Crippen LogP contribution in [0.1, 0.15) is 19.8 Å². The molecule has 0 unspecified atom stereocenters. The summed E-state index contributed by atoms with van der Waals surface area (Å²) in [5.41, 5.74) is 2.78. The molecule has 1 fully saturated rings. The summed E-state index contributed by atoms with van der Waals surface area (Å²) in [5.74, 6) is 0. The molecule has 12 heavy (non-hydrogen) atoms. The summed E-state index contributed by atoms with van der Waals surface area (Å²) in [6.45, 7) is 3.92. The lowest BCUT2D eigenvalue weighted by molar-refractivity contribution is 0.200. The van der Waals surface area contributed by atoms with Crippen LogP contribution in [0.25, 0.3) is 0 Å². The summed E-state index contributed by atoms with van der Waals surface area (Å²) in [4.78, 5) is 2.29. The molecular formula is C9H16ClNO. The molecule has 0 aromatic heterocycles. The molecule has 70 valence electrons. The molecule has 1 aliphatic carbocycles. The van der Waals surface area contributed by atoms with E-state index in [2.05, 4.69) is 4.90 Å². The maximum absolute atomic E-state index is 8.80. The van der Waals surface area contributed by atoms with Gasteiger partial charge in [-0.25, -0.2) is 0 Å². The third-order valence-electron chi connectivity index (χ3n) is 2.09. The summed E-state index contributed by atoms with van der Waals surface area (Å²) in [7, 11) is 0. The maximum atomic E-state index is 8.80. The molecule has 2 nitrogen and oxygen atoms in total. The van der Waals surface area contributed by atoms with Gasteiger partial charge >= 0.3 is 0 Å². The van der Waals surface area contributed by atoms with Crippen molar-refractivity contribution in [1.82, 2.24) is 4.90 Å². The number of nitrogens with zero attached hydrogens (tertiary/aromatic N) is 1. The quantitative estimate of drug-likeness (QED) is 0.710. The Kier molecular flexibility index (Phi) is 4.06. The third-order valence-corrected chi connectivity index (χ3v) is 2.46. The van der Waals surface area contributed by atoms with Crippen molar-refractivity contribution >= 4 is 11.6 Å². The number of rotatable bonds is 5. The molecule has 0 aromatic carbocycles.